The molecule has 0 heterocycles. The summed E-state index contributed by atoms with van der Waals surface area (Å²) < 4.78 is 0. The predicted octanol–water partition coefficient (Wildman–Crippen LogP) is 4.51. The van der Waals surface area contributed by atoms with E-state index < -0.39 is 0 Å². The molecule has 0 nitrogen and oxygen atoms in total. The Bertz CT molecular complexity index is 346. The van der Waals surface area contributed by atoms with Crippen molar-refractivity contribution >= 4 is 0 Å². The molecule has 78 valence electrons. The topological polar surface area (TPSA) is 0 Å². The molecule has 1 aliphatic carbocycles. The smallest absolute Gasteiger partial charge is 0.0260 e. The van der Waals surface area contributed by atoms with Crippen molar-refractivity contribution in [2.45, 2.75) is 19.8 Å². The van der Waals surface area contributed by atoms with Crippen LogP contribution in [-0.4, -0.2) is 0 Å². The molecule has 0 heteroatoms. The van der Waals surface area contributed by atoms with E-state index in [0.717, 1.165) is 6.42 Å². The Labute approximate surface area is 92.7 Å². The fraction of sp³-hybridized carbons (Fsp3) is 0.200. The van der Waals surface area contributed by atoms with Crippen molar-refractivity contribution in [3.63, 3.8) is 0 Å². The lowest BCUT2D eigenvalue weighted by molar-refractivity contribution is 1.02. The Balaban J connectivity index is 2.69. The molecule has 0 saturated carbocycles. The summed E-state index contributed by atoms with van der Waals surface area (Å²) in [5, 5.41) is 0. The molecule has 0 radical (unpaired) electrons. The molecule has 0 aromatic carbocycles. The van der Waals surface area contributed by atoms with Crippen molar-refractivity contribution in [3.05, 3.63) is 72.4 Å². The second kappa shape index (κ2) is 6.83. The van der Waals surface area contributed by atoms with E-state index in [4.69, 9.17) is 0 Å². The minimum Gasteiger partial charge on any atom is -0.0990 e. The maximum Gasteiger partial charge on any atom is -0.0260 e. The summed E-state index contributed by atoms with van der Waals surface area (Å²) in [6, 6.07) is 0. The van der Waals surface area contributed by atoms with Crippen LogP contribution in [0.2, 0.25) is 0 Å². The molecule has 0 aromatic heterocycles. The molecule has 0 bridgehead atoms. The summed E-state index contributed by atoms with van der Waals surface area (Å²) in [5.41, 5.74) is 2.47. The Morgan fingerprint density at radius 1 is 1.33 bits per heavy atom. The molecule has 15 heavy (non-hydrogen) atoms. The van der Waals surface area contributed by atoms with Crippen LogP contribution in [0.15, 0.2) is 72.4 Å². The fourth-order valence-electron chi connectivity index (χ4n) is 1.44. The van der Waals surface area contributed by atoms with E-state index in [1.54, 1.807) is 0 Å². The third kappa shape index (κ3) is 4.46. The second-order valence-corrected chi connectivity index (χ2v) is 3.42. The van der Waals surface area contributed by atoms with Gasteiger partial charge < -0.3 is 0 Å². The second-order valence-electron chi connectivity index (χ2n) is 3.42. The van der Waals surface area contributed by atoms with E-state index in [1.165, 1.54) is 17.6 Å². The van der Waals surface area contributed by atoms with Crippen molar-refractivity contribution in [3.8, 4) is 0 Å². The highest BCUT2D eigenvalue weighted by Gasteiger charge is 1.92. The van der Waals surface area contributed by atoms with Crippen LogP contribution < -0.4 is 0 Å². The molecular weight excluding hydrogens is 180 g/mol. The minimum absolute atomic E-state index is 1.15. The van der Waals surface area contributed by atoms with Gasteiger partial charge in [-0.15, -0.1) is 0 Å². The number of allylic oxidation sites excluding steroid dienone is 11. The van der Waals surface area contributed by atoms with E-state index in [0.29, 0.717) is 0 Å². The molecule has 0 aliphatic heterocycles. The fourth-order valence-corrected chi connectivity index (χ4v) is 1.44. The average Bonchev–Trinajstić information content (AvgIpc) is 2.28. The zero-order valence-corrected chi connectivity index (χ0v) is 9.32. The summed E-state index contributed by atoms with van der Waals surface area (Å²) in [6.45, 7) is 5.72. The summed E-state index contributed by atoms with van der Waals surface area (Å²) in [7, 11) is 0. The van der Waals surface area contributed by atoms with Crippen LogP contribution in [0.1, 0.15) is 19.8 Å². The van der Waals surface area contributed by atoms with Crippen LogP contribution in [0.5, 0.6) is 0 Å². The third-order valence-electron chi connectivity index (χ3n) is 2.16. The van der Waals surface area contributed by atoms with Crippen LogP contribution in [0, 0.1) is 0 Å². The van der Waals surface area contributed by atoms with Gasteiger partial charge in [0.05, 0.1) is 0 Å². The minimum atomic E-state index is 1.15. The van der Waals surface area contributed by atoms with Gasteiger partial charge in [0.2, 0.25) is 0 Å². The largest absolute Gasteiger partial charge is 0.0990 e. The van der Waals surface area contributed by atoms with Gasteiger partial charge >= 0.3 is 0 Å². The first-order chi connectivity index (χ1) is 7.36. The summed E-state index contributed by atoms with van der Waals surface area (Å²) in [5.74, 6) is 0. The first kappa shape index (κ1) is 11.5. The number of rotatable bonds is 4. The zero-order chi connectivity index (χ0) is 10.9. The van der Waals surface area contributed by atoms with Crippen molar-refractivity contribution in [2.24, 2.45) is 0 Å². The van der Waals surface area contributed by atoms with Gasteiger partial charge in [-0.1, -0.05) is 61.3 Å². The highest BCUT2D eigenvalue weighted by atomic mass is 14.0. The lowest BCUT2D eigenvalue weighted by Crippen LogP contribution is -1.80. The van der Waals surface area contributed by atoms with Crippen molar-refractivity contribution in [1.29, 1.82) is 0 Å². The van der Waals surface area contributed by atoms with Crippen molar-refractivity contribution in [2.75, 3.05) is 0 Å². The average molecular weight is 198 g/mol. The third-order valence-corrected chi connectivity index (χ3v) is 2.16. The Hall–Kier alpha value is -1.56. The van der Waals surface area contributed by atoms with Gasteiger partial charge in [0.15, 0.2) is 0 Å². The molecule has 0 atom stereocenters. The summed E-state index contributed by atoms with van der Waals surface area (Å²) >= 11 is 0. The molecule has 0 amide bonds. The number of hydrogen-bond donors (Lipinski definition) is 0. The maximum atomic E-state index is 3.70. The van der Waals surface area contributed by atoms with E-state index in [2.05, 4.69) is 43.0 Å². The standard InChI is InChI=1S/C15H18/c1-3-8-14(9-4-2)12-13-15-10-6-5-7-11-15/h3-4,6,8-13H,1,5,7H2,2H3/b9-4-,13-12+,14-8+. The van der Waals surface area contributed by atoms with Crippen LogP contribution in [-0.2, 0) is 0 Å². The van der Waals surface area contributed by atoms with E-state index in [-0.39, 0.29) is 0 Å². The van der Waals surface area contributed by atoms with Crippen LogP contribution in [0.4, 0.5) is 0 Å². The predicted molar refractivity (Wildman–Crippen MR) is 68.7 cm³/mol. The van der Waals surface area contributed by atoms with Gasteiger partial charge in [-0.05, 0) is 30.9 Å². The van der Waals surface area contributed by atoms with Crippen LogP contribution >= 0.6 is 0 Å². The molecule has 0 aromatic rings. The van der Waals surface area contributed by atoms with Gasteiger partial charge in [0.25, 0.3) is 0 Å². The maximum absolute atomic E-state index is 3.70. The van der Waals surface area contributed by atoms with E-state index in [1.807, 2.05) is 25.2 Å². The van der Waals surface area contributed by atoms with Gasteiger partial charge in [-0.25, -0.2) is 0 Å². The van der Waals surface area contributed by atoms with E-state index >= 15 is 0 Å². The zero-order valence-electron chi connectivity index (χ0n) is 9.32. The first-order valence-corrected chi connectivity index (χ1v) is 5.37. The van der Waals surface area contributed by atoms with Gasteiger partial charge in [-0.3, -0.25) is 0 Å². The first-order valence-electron chi connectivity index (χ1n) is 5.37. The molecule has 0 spiro atoms. The quantitative estimate of drug-likeness (QED) is 0.583. The molecule has 0 saturated heterocycles. The highest BCUT2D eigenvalue weighted by molar-refractivity contribution is 5.40. The Morgan fingerprint density at radius 2 is 2.20 bits per heavy atom. The van der Waals surface area contributed by atoms with Gasteiger partial charge in [0, 0.05) is 0 Å². The summed E-state index contributed by atoms with van der Waals surface area (Å²) in [6.07, 6.45) is 21.1. The monoisotopic (exact) mass is 198 g/mol. The van der Waals surface area contributed by atoms with Gasteiger partial charge in [-0.2, -0.15) is 0 Å². The van der Waals surface area contributed by atoms with Gasteiger partial charge in [0.1, 0.15) is 0 Å². The molecule has 1 rings (SSSR count). The van der Waals surface area contributed by atoms with Crippen molar-refractivity contribution in [1.82, 2.24) is 0 Å². The van der Waals surface area contributed by atoms with Crippen LogP contribution in [0.3, 0.4) is 0 Å². The highest BCUT2D eigenvalue weighted by Crippen LogP contribution is 2.12. The Kier molecular flexibility index (Phi) is 5.24. The molecule has 0 fully saturated rings. The molecular formula is C15H18. The van der Waals surface area contributed by atoms with Crippen molar-refractivity contribution < 1.29 is 0 Å². The number of hydrogen-bond acceptors (Lipinski definition) is 0. The van der Waals surface area contributed by atoms with Crippen LogP contribution in [0.25, 0.3) is 0 Å². The normalized spacial score (nSPS) is 17.4. The lowest BCUT2D eigenvalue weighted by atomic mass is 10.1. The SMILES string of the molecule is C=C/C=C(\C=C/C)/C=C/C1=CCCC=C1. The summed E-state index contributed by atoms with van der Waals surface area (Å²) in [4.78, 5) is 0. The Morgan fingerprint density at radius 3 is 2.80 bits per heavy atom. The van der Waals surface area contributed by atoms with E-state index in [9.17, 15) is 0 Å². The lowest BCUT2D eigenvalue weighted by Gasteiger charge is -2.00. The molecule has 1 aliphatic rings. The molecule has 0 unspecified atom stereocenters. The molecule has 0 N–H and O–H groups in total.